The van der Waals surface area contributed by atoms with Gasteiger partial charge in [-0.15, -0.1) is 0 Å². The van der Waals surface area contributed by atoms with E-state index in [1.54, 1.807) is 0 Å². The van der Waals surface area contributed by atoms with Gasteiger partial charge in [-0.25, -0.2) is 0 Å². The number of nitriles is 2. The van der Waals surface area contributed by atoms with Crippen molar-refractivity contribution in [1.82, 2.24) is 9.80 Å². The van der Waals surface area contributed by atoms with Gasteiger partial charge in [-0.1, -0.05) is 60.7 Å². The molecule has 1 fully saturated rings. The quantitative estimate of drug-likeness (QED) is 0.757. The molecule has 0 radical (unpaired) electrons. The summed E-state index contributed by atoms with van der Waals surface area (Å²) in [5.74, 6) is 0.0536. The summed E-state index contributed by atoms with van der Waals surface area (Å²) in [5, 5.41) is 19.8. The summed E-state index contributed by atoms with van der Waals surface area (Å²) < 4.78 is 0. The Hall–Kier alpha value is -3.50. The molecule has 3 rings (SSSR count). The molecule has 2 aromatic rings. The van der Waals surface area contributed by atoms with Crippen LogP contribution >= 0.6 is 0 Å². The molecule has 0 N–H and O–H groups in total. The normalized spacial score (nSPS) is 21.6. The highest BCUT2D eigenvalue weighted by Crippen LogP contribution is 2.59. The van der Waals surface area contributed by atoms with Crippen molar-refractivity contribution in [2.75, 3.05) is 28.2 Å². The van der Waals surface area contributed by atoms with Crippen molar-refractivity contribution in [2.45, 2.75) is 11.8 Å². The van der Waals surface area contributed by atoms with Crippen molar-refractivity contribution < 1.29 is 0 Å². The Morgan fingerprint density at radius 3 is 1.21 bits per heavy atom. The molecule has 0 bridgehead atoms. The smallest absolute Gasteiger partial charge is 0.119 e. The van der Waals surface area contributed by atoms with Crippen LogP contribution in [0.25, 0.3) is 0 Å². The summed E-state index contributed by atoms with van der Waals surface area (Å²) in [6, 6.07) is 25.2. The van der Waals surface area contributed by atoms with Gasteiger partial charge in [0.2, 0.25) is 0 Å². The highest BCUT2D eigenvalue weighted by atomic mass is 15.1. The molecule has 28 heavy (non-hydrogen) atoms. The molecule has 0 saturated heterocycles. The van der Waals surface area contributed by atoms with Crippen LogP contribution in [0.2, 0.25) is 0 Å². The van der Waals surface area contributed by atoms with Crippen LogP contribution in [0.15, 0.2) is 83.2 Å². The van der Waals surface area contributed by atoms with Gasteiger partial charge in [-0.3, -0.25) is 0 Å². The van der Waals surface area contributed by atoms with Crippen molar-refractivity contribution in [2.24, 2.45) is 0 Å². The van der Waals surface area contributed by atoms with E-state index in [2.05, 4.69) is 36.4 Å². The highest BCUT2D eigenvalue weighted by Gasteiger charge is 2.47. The third-order valence-electron chi connectivity index (χ3n) is 5.18. The second kappa shape index (κ2) is 8.03. The first kappa shape index (κ1) is 19.3. The predicted octanol–water partition coefficient (Wildman–Crippen LogP) is 4.25. The van der Waals surface area contributed by atoms with Crippen LogP contribution < -0.4 is 0 Å². The minimum atomic E-state index is 0.0268. The fourth-order valence-electron chi connectivity index (χ4n) is 3.96. The Labute approximate surface area is 167 Å². The summed E-state index contributed by atoms with van der Waals surface area (Å²) >= 11 is 0. The monoisotopic (exact) mass is 368 g/mol. The van der Waals surface area contributed by atoms with E-state index >= 15 is 0 Å². The Morgan fingerprint density at radius 1 is 0.643 bits per heavy atom. The molecule has 1 aliphatic carbocycles. The molecule has 1 saturated carbocycles. The average molecular weight is 368 g/mol. The van der Waals surface area contributed by atoms with Crippen LogP contribution in [0.3, 0.4) is 0 Å². The van der Waals surface area contributed by atoms with Gasteiger partial charge in [0.25, 0.3) is 0 Å². The van der Waals surface area contributed by atoms with Crippen molar-refractivity contribution in [3.05, 3.63) is 94.3 Å². The van der Waals surface area contributed by atoms with Gasteiger partial charge in [0, 0.05) is 51.2 Å². The van der Waals surface area contributed by atoms with Gasteiger partial charge in [-0.2, -0.15) is 10.5 Å². The lowest BCUT2D eigenvalue weighted by Gasteiger charge is -2.46. The third-order valence-corrected chi connectivity index (χ3v) is 5.18. The van der Waals surface area contributed by atoms with Crippen molar-refractivity contribution in [3.8, 4) is 12.1 Å². The number of nitrogens with zero attached hydrogens (tertiary/aromatic N) is 4. The van der Waals surface area contributed by atoms with E-state index in [1.165, 1.54) is 0 Å². The summed E-state index contributed by atoms with van der Waals surface area (Å²) in [4.78, 5) is 3.69. The molecule has 0 aromatic heterocycles. The van der Waals surface area contributed by atoms with E-state index in [4.69, 9.17) is 0 Å². The van der Waals surface area contributed by atoms with Crippen LogP contribution in [0, 0.1) is 22.7 Å². The lowest BCUT2D eigenvalue weighted by molar-refractivity contribution is 0.464. The highest BCUT2D eigenvalue weighted by molar-refractivity contribution is 5.66. The molecule has 0 aliphatic heterocycles. The second-order valence-electron chi connectivity index (χ2n) is 7.31. The molecule has 0 amide bonds. The Kier molecular flexibility index (Phi) is 5.52. The SMILES string of the molecule is CN(C)/C(C#N)=C1\C(=C(/C#N)N(C)C)[C@H](c2ccccc2)[C@H]1c1ccccc1. The van der Waals surface area contributed by atoms with E-state index in [1.807, 2.05) is 74.4 Å². The molecule has 4 nitrogen and oxygen atoms in total. The van der Waals surface area contributed by atoms with Gasteiger partial charge in [0.1, 0.15) is 23.5 Å². The molecule has 1 aliphatic rings. The van der Waals surface area contributed by atoms with E-state index in [9.17, 15) is 10.5 Å². The number of hydrogen-bond donors (Lipinski definition) is 0. The zero-order valence-corrected chi connectivity index (χ0v) is 16.7. The molecule has 0 unspecified atom stereocenters. The molecular weight excluding hydrogens is 344 g/mol. The fraction of sp³-hybridized carbons (Fsp3) is 0.250. The molecule has 2 atom stereocenters. The maximum absolute atomic E-state index is 9.90. The summed E-state index contributed by atoms with van der Waals surface area (Å²) in [7, 11) is 7.51. The number of rotatable bonds is 4. The van der Waals surface area contributed by atoms with Crippen LogP contribution in [-0.4, -0.2) is 38.0 Å². The lowest BCUT2D eigenvalue weighted by Crippen LogP contribution is -2.35. The average Bonchev–Trinajstić information content (AvgIpc) is 2.69. The predicted molar refractivity (Wildman–Crippen MR) is 111 cm³/mol. The Morgan fingerprint density at radius 2 is 0.964 bits per heavy atom. The molecular formula is C24H24N4. The molecule has 140 valence electrons. The Bertz CT molecular complexity index is 903. The number of allylic oxidation sites excluding steroid dienone is 4. The van der Waals surface area contributed by atoms with Crippen molar-refractivity contribution >= 4 is 0 Å². The third kappa shape index (κ3) is 3.26. The van der Waals surface area contributed by atoms with E-state index in [-0.39, 0.29) is 11.8 Å². The minimum Gasteiger partial charge on any atom is -0.369 e. The standard InChI is InChI=1S/C24H24N4/c1-27(2)19(15-25)23-21(17-11-7-5-8-12-17)22(18-13-9-6-10-14-18)24(23)20(16-26)28(3)4/h5-14,21-22H,1-4H3/b23-19-,24-20+/t21-,22-/m1/s1. The lowest BCUT2D eigenvalue weighted by atomic mass is 9.58. The van der Waals surface area contributed by atoms with Crippen molar-refractivity contribution in [3.63, 3.8) is 0 Å². The van der Waals surface area contributed by atoms with Gasteiger partial charge in [0.15, 0.2) is 0 Å². The molecule has 0 spiro atoms. The minimum absolute atomic E-state index is 0.0268. The van der Waals surface area contributed by atoms with Crippen LogP contribution in [0.1, 0.15) is 23.0 Å². The van der Waals surface area contributed by atoms with Crippen LogP contribution in [0.5, 0.6) is 0 Å². The maximum atomic E-state index is 9.90. The van der Waals surface area contributed by atoms with Gasteiger partial charge >= 0.3 is 0 Å². The summed E-state index contributed by atoms with van der Waals surface area (Å²) in [6.45, 7) is 0. The number of hydrogen-bond acceptors (Lipinski definition) is 4. The van der Waals surface area contributed by atoms with Crippen LogP contribution in [-0.2, 0) is 0 Å². The van der Waals surface area contributed by atoms with Crippen LogP contribution in [0.4, 0.5) is 0 Å². The zero-order chi connectivity index (χ0) is 20.3. The molecule has 0 heterocycles. The topological polar surface area (TPSA) is 54.1 Å². The van der Waals surface area contributed by atoms with Crippen molar-refractivity contribution in [1.29, 1.82) is 10.5 Å². The number of benzene rings is 2. The summed E-state index contributed by atoms with van der Waals surface area (Å²) in [5.41, 5.74) is 5.40. The summed E-state index contributed by atoms with van der Waals surface area (Å²) in [6.07, 6.45) is 0. The van der Waals surface area contributed by atoms with Gasteiger partial charge in [0.05, 0.1) is 0 Å². The first-order chi connectivity index (χ1) is 13.5. The molecule has 2 aromatic carbocycles. The van der Waals surface area contributed by atoms with Gasteiger partial charge in [-0.05, 0) is 11.1 Å². The largest absolute Gasteiger partial charge is 0.369 e. The van der Waals surface area contributed by atoms with E-state index in [0.29, 0.717) is 11.4 Å². The zero-order valence-electron chi connectivity index (χ0n) is 16.7. The first-order valence-corrected chi connectivity index (χ1v) is 9.24. The van der Waals surface area contributed by atoms with E-state index < -0.39 is 0 Å². The maximum Gasteiger partial charge on any atom is 0.119 e. The second-order valence-corrected chi connectivity index (χ2v) is 7.31. The molecule has 4 heteroatoms. The Balaban J connectivity index is 2.35. The van der Waals surface area contributed by atoms with E-state index in [0.717, 1.165) is 22.3 Å². The van der Waals surface area contributed by atoms with Gasteiger partial charge < -0.3 is 9.80 Å². The fourth-order valence-corrected chi connectivity index (χ4v) is 3.96. The first-order valence-electron chi connectivity index (χ1n) is 9.24.